The van der Waals surface area contributed by atoms with Gasteiger partial charge in [0, 0.05) is 25.7 Å². The summed E-state index contributed by atoms with van der Waals surface area (Å²) in [5.74, 6) is 1.10. The number of nitrogens with two attached hydrogens (primary N) is 1. The van der Waals surface area contributed by atoms with Gasteiger partial charge in [0.05, 0.1) is 0 Å². The fourth-order valence-electron chi connectivity index (χ4n) is 2.91. The molecule has 118 valence electrons. The molecule has 0 radical (unpaired) electrons. The maximum absolute atomic E-state index is 12.1. The van der Waals surface area contributed by atoms with E-state index in [2.05, 4.69) is 12.2 Å². The minimum Gasteiger partial charge on any atom is -0.381 e. The minimum atomic E-state index is 0.210. The fraction of sp³-hybridized carbons (Fsp3) is 0.938. The molecular weight excluding hydrogens is 252 g/mol. The second-order valence-electron chi connectivity index (χ2n) is 5.92. The van der Waals surface area contributed by atoms with Crippen LogP contribution >= 0.6 is 0 Å². The van der Waals surface area contributed by atoms with Crippen LogP contribution in [0.1, 0.15) is 58.3 Å². The lowest BCUT2D eigenvalue weighted by Crippen LogP contribution is -2.35. The number of rotatable bonds is 10. The van der Waals surface area contributed by atoms with Crippen molar-refractivity contribution in [1.29, 1.82) is 0 Å². The van der Waals surface area contributed by atoms with Crippen molar-refractivity contribution >= 4 is 5.91 Å². The van der Waals surface area contributed by atoms with E-state index in [1.165, 1.54) is 19.3 Å². The molecule has 0 heterocycles. The summed E-state index contributed by atoms with van der Waals surface area (Å²) < 4.78 is 5.49. The Labute approximate surface area is 123 Å². The van der Waals surface area contributed by atoms with Gasteiger partial charge in [0.2, 0.25) is 5.91 Å². The van der Waals surface area contributed by atoms with Crippen molar-refractivity contribution in [2.24, 2.45) is 17.6 Å². The number of hydrogen-bond donors (Lipinski definition) is 2. The first-order valence-corrected chi connectivity index (χ1v) is 8.33. The lowest BCUT2D eigenvalue weighted by atomic mass is 9.79. The highest BCUT2D eigenvalue weighted by molar-refractivity contribution is 5.78. The zero-order valence-corrected chi connectivity index (χ0v) is 13.0. The molecule has 1 saturated carbocycles. The standard InChI is InChI=1S/C16H32N2O2/c1-2-3-11-20-12-5-10-18-16(19)15-7-4-6-14(13-15)8-9-17/h14-15H,2-13,17H2,1H3,(H,18,19). The zero-order chi connectivity index (χ0) is 14.6. The molecule has 20 heavy (non-hydrogen) atoms. The molecule has 4 nitrogen and oxygen atoms in total. The van der Waals surface area contributed by atoms with Crippen LogP contribution in [0.5, 0.6) is 0 Å². The van der Waals surface area contributed by atoms with Crippen molar-refractivity contribution in [1.82, 2.24) is 5.32 Å². The number of ether oxygens (including phenoxy) is 1. The molecule has 2 unspecified atom stereocenters. The van der Waals surface area contributed by atoms with Crippen molar-refractivity contribution in [3.05, 3.63) is 0 Å². The summed E-state index contributed by atoms with van der Waals surface area (Å²) in [4.78, 5) is 12.1. The Bertz CT molecular complexity index is 257. The summed E-state index contributed by atoms with van der Waals surface area (Å²) in [6.45, 7) is 5.23. The third-order valence-corrected chi connectivity index (χ3v) is 4.14. The van der Waals surface area contributed by atoms with E-state index in [0.29, 0.717) is 5.92 Å². The van der Waals surface area contributed by atoms with Gasteiger partial charge in [-0.15, -0.1) is 0 Å². The fourth-order valence-corrected chi connectivity index (χ4v) is 2.91. The molecule has 3 N–H and O–H groups in total. The molecule has 2 atom stereocenters. The van der Waals surface area contributed by atoms with Crippen molar-refractivity contribution in [3.8, 4) is 0 Å². The highest BCUT2D eigenvalue weighted by Crippen LogP contribution is 2.30. The summed E-state index contributed by atoms with van der Waals surface area (Å²) in [5.41, 5.74) is 5.61. The van der Waals surface area contributed by atoms with Gasteiger partial charge in [0.1, 0.15) is 0 Å². The van der Waals surface area contributed by atoms with Gasteiger partial charge < -0.3 is 15.8 Å². The molecule has 0 aliphatic heterocycles. The summed E-state index contributed by atoms with van der Waals surface area (Å²) in [7, 11) is 0. The van der Waals surface area contributed by atoms with Gasteiger partial charge >= 0.3 is 0 Å². The first-order chi connectivity index (χ1) is 9.77. The molecule has 1 rings (SSSR count). The lowest BCUT2D eigenvalue weighted by molar-refractivity contribution is -0.126. The maximum atomic E-state index is 12.1. The summed E-state index contributed by atoms with van der Waals surface area (Å²) in [5, 5.41) is 3.06. The highest BCUT2D eigenvalue weighted by atomic mass is 16.5. The van der Waals surface area contributed by atoms with Gasteiger partial charge in [0.15, 0.2) is 0 Å². The first kappa shape index (κ1) is 17.4. The van der Waals surface area contributed by atoms with Gasteiger partial charge in [-0.2, -0.15) is 0 Å². The van der Waals surface area contributed by atoms with E-state index in [1.807, 2.05) is 0 Å². The van der Waals surface area contributed by atoms with Gasteiger partial charge in [-0.05, 0) is 44.6 Å². The molecule has 0 aromatic rings. The molecular formula is C16H32N2O2. The Morgan fingerprint density at radius 2 is 2.10 bits per heavy atom. The second kappa shape index (κ2) is 11.1. The first-order valence-electron chi connectivity index (χ1n) is 8.33. The molecule has 0 spiro atoms. The minimum absolute atomic E-state index is 0.210. The second-order valence-corrected chi connectivity index (χ2v) is 5.92. The van der Waals surface area contributed by atoms with Crippen LogP contribution in [0.25, 0.3) is 0 Å². The Balaban J connectivity index is 2.06. The van der Waals surface area contributed by atoms with Crippen LogP contribution in [-0.2, 0) is 9.53 Å². The van der Waals surface area contributed by atoms with Crippen LogP contribution in [0.3, 0.4) is 0 Å². The quantitative estimate of drug-likeness (QED) is 0.606. The number of hydrogen-bond acceptors (Lipinski definition) is 3. The van der Waals surface area contributed by atoms with Crippen molar-refractivity contribution in [3.63, 3.8) is 0 Å². The predicted molar refractivity (Wildman–Crippen MR) is 82.5 cm³/mol. The molecule has 4 heteroatoms. The smallest absolute Gasteiger partial charge is 0.223 e. The SMILES string of the molecule is CCCCOCCCNC(=O)C1CCCC(CCN)C1. The van der Waals surface area contributed by atoms with Crippen LogP contribution in [0, 0.1) is 11.8 Å². The molecule has 1 fully saturated rings. The van der Waals surface area contributed by atoms with Crippen molar-refractivity contribution in [2.45, 2.75) is 58.3 Å². The topological polar surface area (TPSA) is 64.3 Å². The predicted octanol–water partition coefficient (Wildman–Crippen LogP) is 2.46. The third kappa shape index (κ3) is 7.25. The normalized spacial score (nSPS) is 22.7. The van der Waals surface area contributed by atoms with E-state index in [-0.39, 0.29) is 11.8 Å². The molecule has 0 bridgehead atoms. The number of carbonyl (C=O) groups excluding carboxylic acids is 1. The Kier molecular flexibility index (Phi) is 9.67. The van der Waals surface area contributed by atoms with E-state index < -0.39 is 0 Å². The van der Waals surface area contributed by atoms with Crippen LogP contribution in [0.4, 0.5) is 0 Å². The van der Waals surface area contributed by atoms with E-state index in [4.69, 9.17) is 10.5 Å². The number of unbranched alkanes of at least 4 members (excludes halogenated alkanes) is 1. The van der Waals surface area contributed by atoms with Crippen molar-refractivity contribution < 1.29 is 9.53 Å². The number of carbonyl (C=O) groups is 1. The van der Waals surface area contributed by atoms with Gasteiger partial charge in [-0.3, -0.25) is 4.79 Å². The summed E-state index contributed by atoms with van der Waals surface area (Å²) in [6.07, 6.45) is 8.74. The molecule has 0 aromatic carbocycles. The zero-order valence-electron chi connectivity index (χ0n) is 13.0. The molecule has 1 amide bonds. The van der Waals surface area contributed by atoms with E-state index in [9.17, 15) is 4.79 Å². The summed E-state index contributed by atoms with van der Waals surface area (Å²) in [6, 6.07) is 0. The maximum Gasteiger partial charge on any atom is 0.223 e. The van der Waals surface area contributed by atoms with Gasteiger partial charge in [-0.25, -0.2) is 0 Å². The Morgan fingerprint density at radius 1 is 1.30 bits per heavy atom. The van der Waals surface area contributed by atoms with Crippen LogP contribution in [0.15, 0.2) is 0 Å². The highest BCUT2D eigenvalue weighted by Gasteiger charge is 2.26. The third-order valence-electron chi connectivity index (χ3n) is 4.14. The Morgan fingerprint density at radius 3 is 2.85 bits per heavy atom. The van der Waals surface area contributed by atoms with Crippen LogP contribution < -0.4 is 11.1 Å². The van der Waals surface area contributed by atoms with Crippen LogP contribution in [-0.4, -0.2) is 32.2 Å². The molecule has 1 aliphatic carbocycles. The average Bonchev–Trinajstić information content (AvgIpc) is 2.47. The average molecular weight is 284 g/mol. The number of amides is 1. The van der Waals surface area contributed by atoms with Gasteiger partial charge in [-0.1, -0.05) is 26.2 Å². The molecule has 0 saturated heterocycles. The molecule has 0 aromatic heterocycles. The Hall–Kier alpha value is -0.610. The van der Waals surface area contributed by atoms with Crippen LogP contribution in [0.2, 0.25) is 0 Å². The summed E-state index contributed by atoms with van der Waals surface area (Å²) >= 11 is 0. The molecule has 1 aliphatic rings. The lowest BCUT2D eigenvalue weighted by Gasteiger charge is -2.28. The van der Waals surface area contributed by atoms with E-state index in [1.54, 1.807) is 0 Å². The largest absolute Gasteiger partial charge is 0.381 e. The van der Waals surface area contributed by atoms with Gasteiger partial charge in [0.25, 0.3) is 0 Å². The monoisotopic (exact) mass is 284 g/mol. The number of nitrogens with one attached hydrogen (secondary N) is 1. The van der Waals surface area contributed by atoms with E-state index >= 15 is 0 Å². The van der Waals surface area contributed by atoms with Crippen molar-refractivity contribution in [2.75, 3.05) is 26.3 Å². The van der Waals surface area contributed by atoms with E-state index in [0.717, 1.165) is 58.4 Å².